The first kappa shape index (κ1) is 102. The van der Waals surface area contributed by atoms with Crippen LogP contribution in [-0.2, 0) is 68.4 Å². The first-order chi connectivity index (χ1) is 53.2. The van der Waals surface area contributed by atoms with Crippen LogP contribution in [0.25, 0.3) is 22.1 Å². The Morgan fingerprint density at radius 1 is 0.588 bits per heavy atom. The van der Waals surface area contributed by atoms with Gasteiger partial charge in [-0.3, -0.25) is 23.5 Å². The van der Waals surface area contributed by atoms with E-state index in [1.165, 1.54) is 62.7 Å². The number of imidazole rings is 2. The molecule has 0 bridgehead atoms. The number of thiophene rings is 2. The maximum absolute atomic E-state index is 13.5. The summed E-state index contributed by atoms with van der Waals surface area (Å²) in [5.41, 5.74) is 8.36. The van der Waals surface area contributed by atoms with Crippen molar-refractivity contribution < 1.29 is 226 Å². The zero-order valence-corrected chi connectivity index (χ0v) is 89.8. The molecule has 114 heavy (non-hydrogen) atoms. The van der Waals surface area contributed by atoms with Gasteiger partial charge in [-0.2, -0.15) is 11.3 Å². The number of hydrogen-bond acceptors (Lipinski definition) is 15. The van der Waals surface area contributed by atoms with Gasteiger partial charge in [0.15, 0.2) is 44.9 Å². The largest absolute Gasteiger partial charge is 1.00 e. The van der Waals surface area contributed by atoms with Crippen molar-refractivity contribution in [3.63, 3.8) is 0 Å². The van der Waals surface area contributed by atoms with Gasteiger partial charge in [0, 0.05) is 59.2 Å². The minimum absolute atomic E-state index is 0. The zero-order chi connectivity index (χ0) is 80.5. The molecule has 2 fully saturated rings. The summed E-state index contributed by atoms with van der Waals surface area (Å²) in [4.78, 5) is 51.8. The fourth-order valence-corrected chi connectivity index (χ4v) is 21.4. The van der Waals surface area contributed by atoms with E-state index in [4.69, 9.17) is 63.1 Å². The Labute approximate surface area is 839 Å². The molecule has 6 aromatic carbocycles. The van der Waals surface area contributed by atoms with E-state index in [1.807, 2.05) is 124 Å². The van der Waals surface area contributed by atoms with Gasteiger partial charge in [0.2, 0.25) is 0 Å². The Morgan fingerprint density at radius 3 is 1.25 bits per heavy atom. The summed E-state index contributed by atoms with van der Waals surface area (Å²) in [6, 6.07) is 60.1. The van der Waals surface area contributed by atoms with Crippen LogP contribution in [0, 0.1) is 0 Å². The molecule has 0 spiro atoms. The average molecular weight is 2100 g/mol. The van der Waals surface area contributed by atoms with E-state index in [2.05, 4.69) is 158 Å². The quantitative estimate of drug-likeness (QED) is 0.0287. The number of halogens is 3. The third-order valence-electron chi connectivity index (χ3n) is 19.2. The second-order valence-corrected chi connectivity index (χ2v) is 39.3. The summed E-state index contributed by atoms with van der Waals surface area (Å²) in [6.07, 6.45) is 14.5. The van der Waals surface area contributed by atoms with Crippen molar-refractivity contribution in [1.82, 2.24) is 28.9 Å². The van der Waals surface area contributed by atoms with Crippen LogP contribution in [-0.4, -0.2) is 127 Å². The SMILES string of the molecule is COc1cc2c(cc1OC(C)C)-n1c(-c3cccs3)nc(C(=O)N(C)C(C)(C)C)c1CC2.COc1cc2c(cc1OC(C)C)-n1c(Br)nc(C(=O)N(C)C(C)(C)C)c1CC2.O=CO[O-].OB(O)c1cccs1.[Cl][Pd][Cl].[Cs+].[Cs+].[Fe].[H-].c1ccc(P(c2ccccc2)C2CCCC2)cc1.c1ccc(P(c2ccccc2)C2CCCC2)cc1. The van der Waals surface area contributed by atoms with Gasteiger partial charge >= 0.3 is 180 Å². The number of hydrogen-bond donors (Lipinski definition) is 2. The number of amides is 2. The second-order valence-electron chi connectivity index (χ2n) is 29.3. The van der Waals surface area contributed by atoms with Crippen molar-refractivity contribution in [3.05, 3.63) is 219 Å². The van der Waals surface area contributed by atoms with Crippen molar-refractivity contribution >= 4 is 125 Å². The topological polar surface area (TPSA) is 203 Å². The van der Waals surface area contributed by atoms with E-state index in [-0.39, 0.29) is 230 Å². The number of aryl methyl sites for hydroxylation is 2. The van der Waals surface area contributed by atoms with Crippen LogP contribution in [0.2, 0.25) is 0 Å². The first-order valence-electron chi connectivity index (χ1n) is 37.2. The van der Waals surface area contributed by atoms with E-state index in [9.17, 15) is 9.59 Å². The molecule has 10 aromatic rings. The van der Waals surface area contributed by atoms with Crippen molar-refractivity contribution in [3.8, 4) is 45.1 Å². The third-order valence-corrected chi connectivity index (χ3v) is 27.4. The van der Waals surface area contributed by atoms with Gasteiger partial charge in [-0.15, -0.1) is 11.3 Å². The van der Waals surface area contributed by atoms with Crippen LogP contribution in [0.15, 0.2) is 185 Å². The summed E-state index contributed by atoms with van der Waals surface area (Å²) in [5.74, 6) is 3.49. The van der Waals surface area contributed by atoms with Crippen LogP contribution in [0.4, 0.5) is 0 Å². The minimum Gasteiger partial charge on any atom is -1.00 e. The molecule has 29 heteroatoms. The molecular formula is C85H104BBrCl2Cs2FeN6O11P2PdS2. The Hall–Kier alpha value is -2.10. The fraction of sp³-hybridized carbons (Fsp3) is 0.376. The van der Waals surface area contributed by atoms with E-state index in [1.54, 1.807) is 74.1 Å². The molecule has 0 radical (unpaired) electrons. The molecule has 0 atom stereocenters. The van der Waals surface area contributed by atoms with Crippen molar-refractivity contribution in [1.29, 1.82) is 0 Å². The van der Waals surface area contributed by atoms with Gasteiger partial charge < -0.3 is 50.4 Å². The smallest absolute Gasteiger partial charge is 1.00 e. The Balaban J connectivity index is 0.000000306. The Kier molecular flexibility index (Phi) is 45.9. The van der Waals surface area contributed by atoms with E-state index < -0.39 is 7.12 Å². The predicted molar refractivity (Wildman–Crippen MR) is 458 cm³/mol. The normalized spacial score (nSPS) is 13.1. The first-order valence-corrected chi connectivity index (χ1v) is 46.5. The maximum atomic E-state index is 13.5. The summed E-state index contributed by atoms with van der Waals surface area (Å²) in [5, 5.41) is 35.4. The average Bonchev–Trinajstić information content (AvgIpc) is 1.61. The molecule has 0 saturated heterocycles. The zero-order valence-electron chi connectivity index (χ0n) is 69.0. The molecule has 2 aliphatic carbocycles. The molecule has 2 aliphatic heterocycles. The van der Waals surface area contributed by atoms with Gasteiger partial charge in [0.1, 0.15) is 0 Å². The van der Waals surface area contributed by atoms with Crippen LogP contribution in [0.1, 0.15) is 166 Å². The van der Waals surface area contributed by atoms with Gasteiger partial charge in [-0.25, -0.2) is 9.97 Å². The Morgan fingerprint density at radius 2 is 0.939 bits per heavy atom. The number of fused-ring (bicyclic) bond motifs is 6. The van der Waals surface area contributed by atoms with Crippen LogP contribution < -0.4 is 188 Å². The molecule has 4 aromatic heterocycles. The maximum Gasteiger partial charge on any atom is 1.00 e. The van der Waals surface area contributed by atoms with E-state index in [0.29, 0.717) is 32.4 Å². The van der Waals surface area contributed by atoms with E-state index >= 15 is 0 Å². The number of carbonyl (C=O) groups is 3. The summed E-state index contributed by atoms with van der Waals surface area (Å²) in [7, 11) is 15.0. The summed E-state index contributed by atoms with van der Waals surface area (Å²) < 4.78 is 28.5. The molecule has 14 rings (SSSR count). The standard InChI is InChI=1S/C25H31N3O3S.C21H28BrN3O3.2C17H19P.C4H5BO2S.CH2O3.2ClH.2Cs.Fe.Pd.H/c1-15(2)31-20-14-18-16(13-19(20)30-7)10-11-17-22(24(29)27(6)25(3,4)5)26-23(28(17)18)21-9-8-12-32-21;1-12(2)28-17-11-15-13(10-16(17)27-7)8-9-14-18(23-20(22)25(14)15)19(26)24(6)21(3,4)5;2*1-3-9-15(10-4-1)18(17-13-7-8-14-17)16-11-5-2-6-12-16;6-5(7)4-2-1-3-8-4;2-1-4-3;;;;;;;/h8-9,12-15H,10-11H2,1-7H3;10-12H,8-9H2,1-7H3;2*1-6,9-12,17H,7-8,13-14H2;1-3,6-7H;1,3H;2*1H;;;;;/q;;;;;;;;2*+1;;+2;-1/p-3. The number of methoxy groups -OCH3 is 2. The number of ether oxygens (including phenoxy) is 4. The molecule has 2 N–H and O–H groups in total. The van der Waals surface area contributed by atoms with Crippen LogP contribution in [0.3, 0.4) is 0 Å². The predicted octanol–water partition coefficient (Wildman–Crippen LogP) is 11.2. The van der Waals surface area contributed by atoms with Gasteiger partial charge in [0.25, 0.3) is 18.3 Å². The van der Waals surface area contributed by atoms with Crippen LogP contribution in [0.5, 0.6) is 23.0 Å². The number of aromatic nitrogens is 4. The van der Waals surface area contributed by atoms with Gasteiger partial charge in [-0.05, 0) is 225 Å². The monoisotopic (exact) mass is 2100 g/mol. The Bertz CT molecular complexity index is 4370. The van der Waals surface area contributed by atoms with Crippen LogP contribution >= 0.6 is 73.5 Å². The van der Waals surface area contributed by atoms with Crippen molar-refractivity contribution in [2.24, 2.45) is 0 Å². The second kappa shape index (κ2) is 51.1. The molecule has 6 heterocycles. The number of nitrogens with zero attached hydrogens (tertiary/aromatic N) is 6. The molecule has 0 unspecified atom stereocenters. The summed E-state index contributed by atoms with van der Waals surface area (Å²) in [6.45, 7) is 19.9. The fourth-order valence-electron chi connectivity index (χ4n) is 13.5. The molecule has 17 nitrogen and oxygen atoms in total. The minimum atomic E-state index is -1.30. The molecule has 2 amide bonds. The molecule has 4 aliphatic rings. The van der Waals surface area contributed by atoms with Gasteiger partial charge in [-0.1, -0.05) is 165 Å². The van der Waals surface area contributed by atoms with Crippen molar-refractivity contribution in [2.45, 2.75) is 181 Å². The molecule has 606 valence electrons. The summed E-state index contributed by atoms with van der Waals surface area (Å²) >= 11 is 6.41. The molecular weight excluding hydrogens is 2000 g/mol. The molecule has 2 saturated carbocycles. The number of carbonyl (C=O) groups excluding carboxylic acids is 3. The number of benzene rings is 6. The van der Waals surface area contributed by atoms with E-state index in [0.717, 1.165) is 93.1 Å². The number of rotatable bonds is 17. The van der Waals surface area contributed by atoms with Crippen molar-refractivity contribution in [2.75, 3.05) is 28.3 Å². The van der Waals surface area contributed by atoms with Gasteiger partial charge in [0.05, 0.1) is 54.1 Å². The third kappa shape index (κ3) is 28.8.